The van der Waals surface area contributed by atoms with Crippen LogP contribution in [0.25, 0.3) is 0 Å². The average molecular weight is 351 g/mol. The van der Waals surface area contributed by atoms with E-state index in [0.29, 0.717) is 11.3 Å². The van der Waals surface area contributed by atoms with Gasteiger partial charge in [-0.15, -0.1) is 0 Å². The molecule has 2 N–H and O–H groups in total. The number of carbonyl (C=O) groups excluding carboxylic acids is 2. The van der Waals surface area contributed by atoms with E-state index in [1.807, 2.05) is 6.07 Å². The van der Waals surface area contributed by atoms with Gasteiger partial charge in [0.1, 0.15) is 0 Å². The third-order valence-electron chi connectivity index (χ3n) is 3.75. The van der Waals surface area contributed by atoms with Gasteiger partial charge >= 0.3 is 0 Å². The lowest BCUT2D eigenvalue weighted by molar-refractivity contribution is 0.0949. The molecule has 0 bridgehead atoms. The van der Waals surface area contributed by atoms with Crippen molar-refractivity contribution >= 4 is 17.5 Å². The van der Waals surface area contributed by atoms with Crippen molar-refractivity contribution in [3.63, 3.8) is 0 Å². The molecule has 3 aromatic rings. The van der Waals surface area contributed by atoms with Crippen LogP contribution in [-0.2, 0) is 13.6 Å². The number of amides is 2. The highest BCUT2D eigenvalue weighted by Crippen LogP contribution is 2.13. The molecule has 26 heavy (non-hydrogen) atoms. The Morgan fingerprint density at radius 2 is 1.92 bits per heavy atom. The summed E-state index contributed by atoms with van der Waals surface area (Å²) in [7, 11) is 1.62. The number of hydrogen-bond acceptors (Lipinski definition) is 4. The van der Waals surface area contributed by atoms with Gasteiger partial charge in [0.15, 0.2) is 5.76 Å². The van der Waals surface area contributed by atoms with Gasteiger partial charge in [-0.1, -0.05) is 12.1 Å². The topological polar surface area (TPSA) is 93.3 Å². The summed E-state index contributed by atoms with van der Waals surface area (Å²) in [6.45, 7) is 0.262. The van der Waals surface area contributed by atoms with Crippen molar-refractivity contribution < 1.29 is 14.0 Å². The molecule has 132 valence electrons. The summed E-state index contributed by atoms with van der Waals surface area (Å²) < 4.78 is 6.44. The van der Waals surface area contributed by atoms with Crippen LogP contribution in [0.1, 0.15) is 26.5 Å². The lowest BCUT2D eigenvalue weighted by Crippen LogP contribution is -2.25. The number of rotatable bonds is 5. The number of carbonyl (C=O) groups is 2. The number of pyridine rings is 1. The van der Waals surface area contributed by atoms with E-state index in [1.165, 1.54) is 16.9 Å². The summed E-state index contributed by atoms with van der Waals surface area (Å²) >= 11 is 0. The van der Waals surface area contributed by atoms with Crippen molar-refractivity contribution in [1.29, 1.82) is 0 Å². The smallest absolute Gasteiger partial charge is 0.291 e. The number of nitrogens with one attached hydrogen (secondary N) is 2. The molecule has 0 saturated carbocycles. The maximum atomic E-state index is 12.2. The Morgan fingerprint density at radius 1 is 1.08 bits per heavy atom. The Hall–Kier alpha value is -3.61. The van der Waals surface area contributed by atoms with Gasteiger partial charge in [0.25, 0.3) is 17.4 Å². The quantitative estimate of drug-likeness (QED) is 0.737. The maximum Gasteiger partial charge on any atom is 0.291 e. The zero-order valence-electron chi connectivity index (χ0n) is 14.1. The number of furan rings is 1. The lowest BCUT2D eigenvalue weighted by Gasteiger charge is -2.08. The van der Waals surface area contributed by atoms with Crippen LogP contribution in [0.2, 0.25) is 0 Å². The Labute approximate surface area is 149 Å². The maximum absolute atomic E-state index is 12.2. The van der Waals surface area contributed by atoms with Crippen molar-refractivity contribution in [3.05, 3.63) is 88.2 Å². The van der Waals surface area contributed by atoms with Crippen LogP contribution in [-0.4, -0.2) is 16.4 Å². The van der Waals surface area contributed by atoms with Crippen LogP contribution < -0.4 is 16.2 Å². The number of aryl methyl sites for hydroxylation is 1. The molecule has 3 rings (SSSR count). The Balaban J connectivity index is 1.63. The zero-order chi connectivity index (χ0) is 18.5. The molecule has 2 amide bonds. The summed E-state index contributed by atoms with van der Waals surface area (Å²) in [5, 5.41) is 5.48. The molecular weight excluding hydrogens is 334 g/mol. The number of anilines is 1. The second-order valence-electron chi connectivity index (χ2n) is 5.68. The average Bonchev–Trinajstić information content (AvgIpc) is 3.17. The molecule has 0 atom stereocenters. The third-order valence-corrected chi connectivity index (χ3v) is 3.75. The van der Waals surface area contributed by atoms with Crippen LogP contribution in [0, 0.1) is 0 Å². The molecule has 0 fully saturated rings. The molecule has 0 aliphatic heterocycles. The molecule has 1 aromatic carbocycles. The molecule has 0 aliphatic carbocycles. The van der Waals surface area contributed by atoms with Crippen LogP contribution in [0.5, 0.6) is 0 Å². The fourth-order valence-corrected chi connectivity index (χ4v) is 2.33. The molecule has 7 nitrogen and oxygen atoms in total. The van der Waals surface area contributed by atoms with Crippen LogP contribution in [0.3, 0.4) is 0 Å². The second-order valence-corrected chi connectivity index (χ2v) is 5.68. The molecule has 0 radical (unpaired) electrons. The first-order valence-electron chi connectivity index (χ1n) is 7.91. The summed E-state index contributed by atoms with van der Waals surface area (Å²) in [5.74, 6) is -0.474. The molecule has 7 heteroatoms. The zero-order valence-corrected chi connectivity index (χ0v) is 14.1. The SMILES string of the molecule is Cn1ccc(C(=O)NCc2cccc(NC(=O)c3ccco3)c2)cc1=O. The predicted molar refractivity (Wildman–Crippen MR) is 96.0 cm³/mol. The Kier molecular flexibility index (Phi) is 4.98. The van der Waals surface area contributed by atoms with Crippen LogP contribution in [0.15, 0.2) is 70.2 Å². The van der Waals surface area contributed by atoms with Crippen molar-refractivity contribution in [3.8, 4) is 0 Å². The monoisotopic (exact) mass is 351 g/mol. The van der Waals surface area contributed by atoms with Crippen molar-refractivity contribution in [2.75, 3.05) is 5.32 Å². The Morgan fingerprint density at radius 3 is 2.65 bits per heavy atom. The fraction of sp³-hybridized carbons (Fsp3) is 0.105. The normalized spacial score (nSPS) is 10.3. The molecule has 2 heterocycles. The number of hydrogen-bond donors (Lipinski definition) is 2. The van der Waals surface area contributed by atoms with Gasteiger partial charge in [-0.2, -0.15) is 0 Å². The number of nitrogens with zero attached hydrogens (tertiary/aromatic N) is 1. The minimum atomic E-state index is -0.351. The van der Waals surface area contributed by atoms with E-state index in [0.717, 1.165) is 5.56 Å². The number of benzene rings is 1. The summed E-state index contributed by atoms with van der Waals surface area (Å²) in [4.78, 5) is 35.7. The highest BCUT2D eigenvalue weighted by atomic mass is 16.3. The fourth-order valence-electron chi connectivity index (χ4n) is 2.33. The lowest BCUT2D eigenvalue weighted by atomic mass is 10.2. The predicted octanol–water partition coefficient (Wildman–Crippen LogP) is 2.16. The van der Waals surface area contributed by atoms with Crippen molar-refractivity contribution in [1.82, 2.24) is 9.88 Å². The second kappa shape index (κ2) is 7.52. The van der Waals surface area contributed by atoms with E-state index in [-0.39, 0.29) is 29.7 Å². The molecule has 0 aliphatic rings. The van der Waals surface area contributed by atoms with Gasteiger partial charge in [0, 0.05) is 37.1 Å². The van der Waals surface area contributed by atoms with E-state index < -0.39 is 0 Å². The van der Waals surface area contributed by atoms with Crippen LogP contribution >= 0.6 is 0 Å². The molecular formula is C19H17N3O4. The summed E-state index contributed by atoms with van der Waals surface area (Å²) in [5.41, 5.74) is 1.45. The molecule has 0 unspecified atom stereocenters. The van der Waals surface area contributed by atoms with E-state index in [2.05, 4.69) is 10.6 Å². The van der Waals surface area contributed by atoms with Gasteiger partial charge in [-0.25, -0.2) is 0 Å². The Bertz CT molecular complexity index is 990. The van der Waals surface area contributed by atoms with Crippen molar-refractivity contribution in [2.45, 2.75) is 6.54 Å². The minimum absolute atomic E-state index is 0.217. The third kappa shape index (κ3) is 4.07. The first-order valence-corrected chi connectivity index (χ1v) is 7.91. The highest BCUT2D eigenvalue weighted by molar-refractivity contribution is 6.02. The standard InChI is InChI=1S/C19H17N3O4/c1-22-8-7-14(11-17(22)23)18(24)20-12-13-4-2-5-15(10-13)21-19(25)16-6-3-9-26-16/h2-11H,12H2,1H3,(H,20,24)(H,21,25). The first-order chi connectivity index (χ1) is 12.5. The summed E-state index contributed by atoms with van der Waals surface area (Å²) in [6.07, 6.45) is 2.97. The first kappa shape index (κ1) is 17.2. The van der Waals surface area contributed by atoms with Crippen molar-refractivity contribution in [2.24, 2.45) is 7.05 Å². The highest BCUT2D eigenvalue weighted by Gasteiger charge is 2.10. The molecule has 2 aromatic heterocycles. The minimum Gasteiger partial charge on any atom is -0.459 e. The van der Waals surface area contributed by atoms with Gasteiger partial charge in [-0.3, -0.25) is 14.4 Å². The summed E-state index contributed by atoms with van der Waals surface area (Å²) in [6, 6.07) is 13.2. The van der Waals surface area contributed by atoms with Gasteiger partial charge < -0.3 is 19.6 Å². The molecule has 0 saturated heterocycles. The largest absolute Gasteiger partial charge is 0.459 e. The number of aromatic nitrogens is 1. The molecule has 0 spiro atoms. The van der Waals surface area contributed by atoms with E-state index in [4.69, 9.17) is 4.42 Å². The van der Waals surface area contributed by atoms with E-state index >= 15 is 0 Å². The van der Waals surface area contributed by atoms with E-state index in [9.17, 15) is 14.4 Å². The van der Waals surface area contributed by atoms with Crippen LogP contribution in [0.4, 0.5) is 5.69 Å². The van der Waals surface area contributed by atoms with Gasteiger partial charge in [0.2, 0.25) is 0 Å². The van der Waals surface area contributed by atoms with Gasteiger partial charge in [-0.05, 0) is 35.9 Å². The van der Waals surface area contributed by atoms with Gasteiger partial charge in [0.05, 0.1) is 6.26 Å². The van der Waals surface area contributed by atoms with E-state index in [1.54, 1.807) is 49.6 Å².